The Hall–Kier alpha value is -2.72. The second-order valence-corrected chi connectivity index (χ2v) is 10.6. The van der Waals surface area contributed by atoms with Crippen LogP contribution in [0.5, 0.6) is 0 Å². The van der Waals surface area contributed by atoms with E-state index in [1.807, 2.05) is 57.2 Å². The molecule has 0 aliphatic rings. The number of nitrogens with zero attached hydrogens (tertiary/aromatic N) is 1. The standard InChI is InChI=1S/C25H23ClN2O2S2/c1-17-13-18(2)24(19(3)14-17)28-25(31-16-20-9-7-8-12-22(20)26)23(15-27)32(29,30)21-10-5-4-6-11-21/h4-14,28H,16H2,1-3H3. The van der Waals surface area contributed by atoms with Gasteiger partial charge in [0.1, 0.15) is 11.1 Å². The summed E-state index contributed by atoms with van der Waals surface area (Å²) < 4.78 is 26.7. The molecule has 3 rings (SSSR count). The molecule has 0 atom stereocenters. The van der Waals surface area contributed by atoms with E-state index in [0.29, 0.717) is 10.8 Å². The molecule has 0 spiro atoms. The summed E-state index contributed by atoms with van der Waals surface area (Å²) in [5.41, 5.74) is 4.68. The molecule has 1 N–H and O–H groups in total. The average molecular weight is 483 g/mol. The summed E-state index contributed by atoms with van der Waals surface area (Å²) in [5.74, 6) is 0.404. The third-order valence-electron chi connectivity index (χ3n) is 4.88. The third-order valence-corrected chi connectivity index (χ3v) is 8.15. The van der Waals surface area contributed by atoms with Gasteiger partial charge in [-0.2, -0.15) is 5.26 Å². The monoisotopic (exact) mass is 482 g/mol. The number of anilines is 1. The smallest absolute Gasteiger partial charge is 0.219 e. The van der Waals surface area contributed by atoms with Gasteiger partial charge in [-0.05, 0) is 55.7 Å². The Morgan fingerprint density at radius 1 is 1.00 bits per heavy atom. The number of thioether (sulfide) groups is 1. The first-order valence-electron chi connectivity index (χ1n) is 9.89. The van der Waals surface area contributed by atoms with Crippen molar-refractivity contribution in [3.8, 4) is 6.07 Å². The highest BCUT2D eigenvalue weighted by Gasteiger charge is 2.26. The van der Waals surface area contributed by atoms with Crippen LogP contribution in [0.15, 0.2) is 81.6 Å². The molecule has 164 valence electrons. The zero-order chi connectivity index (χ0) is 23.3. The van der Waals surface area contributed by atoms with Crippen molar-refractivity contribution in [3.05, 3.63) is 104 Å². The minimum absolute atomic E-state index is 0.0755. The predicted molar refractivity (Wildman–Crippen MR) is 133 cm³/mol. The number of nitrogens with one attached hydrogen (secondary N) is 1. The van der Waals surface area contributed by atoms with Gasteiger partial charge in [-0.3, -0.25) is 0 Å². The topological polar surface area (TPSA) is 70.0 Å². The molecule has 0 amide bonds. The highest BCUT2D eigenvalue weighted by molar-refractivity contribution is 8.04. The summed E-state index contributed by atoms with van der Waals surface area (Å²) in [5, 5.41) is 14.1. The molecule has 4 nitrogen and oxygen atoms in total. The molecule has 0 saturated heterocycles. The summed E-state index contributed by atoms with van der Waals surface area (Å²) in [7, 11) is -4.02. The van der Waals surface area contributed by atoms with Gasteiger partial charge < -0.3 is 5.32 Å². The maximum atomic E-state index is 13.3. The molecule has 0 aliphatic heterocycles. The van der Waals surface area contributed by atoms with Gasteiger partial charge in [0.2, 0.25) is 9.84 Å². The number of halogens is 1. The number of nitriles is 1. The van der Waals surface area contributed by atoms with Gasteiger partial charge in [0.15, 0.2) is 4.91 Å². The molecule has 0 heterocycles. The van der Waals surface area contributed by atoms with Crippen molar-refractivity contribution < 1.29 is 8.42 Å². The number of hydrogen-bond acceptors (Lipinski definition) is 5. The van der Waals surface area contributed by atoms with Gasteiger partial charge in [0.05, 0.1) is 4.90 Å². The van der Waals surface area contributed by atoms with Crippen LogP contribution in [-0.4, -0.2) is 8.42 Å². The summed E-state index contributed by atoms with van der Waals surface area (Å²) in [4.78, 5) is -0.244. The molecular formula is C25H23ClN2O2S2. The zero-order valence-electron chi connectivity index (χ0n) is 18.0. The maximum Gasteiger partial charge on any atom is 0.219 e. The lowest BCUT2D eigenvalue weighted by Gasteiger charge is -2.18. The summed E-state index contributed by atoms with van der Waals surface area (Å²) in [6.45, 7) is 5.92. The minimum atomic E-state index is -4.02. The van der Waals surface area contributed by atoms with Crippen LogP contribution in [-0.2, 0) is 15.6 Å². The Morgan fingerprint density at radius 2 is 1.59 bits per heavy atom. The van der Waals surface area contributed by atoms with Gasteiger partial charge in [0, 0.05) is 16.5 Å². The summed E-state index contributed by atoms with van der Waals surface area (Å²) >= 11 is 7.54. The first-order chi connectivity index (χ1) is 15.2. The van der Waals surface area contributed by atoms with Crippen LogP contribution in [0.2, 0.25) is 5.02 Å². The van der Waals surface area contributed by atoms with Crippen molar-refractivity contribution in [1.29, 1.82) is 5.26 Å². The second kappa shape index (κ2) is 10.3. The third kappa shape index (κ3) is 5.36. The van der Waals surface area contributed by atoms with Crippen molar-refractivity contribution in [3.63, 3.8) is 0 Å². The zero-order valence-corrected chi connectivity index (χ0v) is 20.4. The number of allylic oxidation sites excluding steroid dienone is 1. The Morgan fingerprint density at radius 3 is 2.19 bits per heavy atom. The molecule has 32 heavy (non-hydrogen) atoms. The molecule has 0 fully saturated rings. The average Bonchev–Trinajstić information content (AvgIpc) is 2.76. The molecule has 0 radical (unpaired) electrons. The van der Waals surface area contributed by atoms with Crippen molar-refractivity contribution in [2.45, 2.75) is 31.4 Å². The second-order valence-electron chi connectivity index (χ2n) is 7.37. The highest BCUT2D eigenvalue weighted by atomic mass is 35.5. The molecule has 0 unspecified atom stereocenters. The van der Waals surface area contributed by atoms with Crippen LogP contribution >= 0.6 is 23.4 Å². The first kappa shape index (κ1) is 23.9. The van der Waals surface area contributed by atoms with E-state index in [0.717, 1.165) is 27.9 Å². The van der Waals surface area contributed by atoms with E-state index in [9.17, 15) is 13.7 Å². The van der Waals surface area contributed by atoms with Crippen molar-refractivity contribution >= 4 is 38.9 Å². The van der Waals surface area contributed by atoms with Crippen LogP contribution in [0.1, 0.15) is 22.3 Å². The fourth-order valence-corrected chi connectivity index (χ4v) is 6.22. The lowest BCUT2D eigenvalue weighted by atomic mass is 10.1. The largest absolute Gasteiger partial charge is 0.348 e. The first-order valence-corrected chi connectivity index (χ1v) is 12.7. The van der Waals surface area contributed by atoms with Crippen LogP contribution in [0.3, 0.4) is 0 Å². The number of hydrogen-bond donors (Lipinski definition) is 1. The molecule has 3 aromatic rings. The van der Waals surface area contributed by atoms with Crippen LogP contribution in [0.25, 0.3) is 0 Å². The molecule has 0 bridgehead atoms. The van der Waals surface area contributed by atoms with E-state index >= 15 is 0 Å². The van der Waals surface area contributed by atoms with E-state index < -0.39 is 9.84 Å². The Bertz CT molecular complexity index is 1290. The summed E-state index contributed by atoms with van der Waals surface area (Å²) in [6.07, 6.45) is 0. The van der Waals surface area contributed by atoms with Crippen LogP contribution < -0.4 is 5.32 Å². The lowest BCUT2D eigenvalue weighted by Crippen LogP contribution is -2.11. The molecule has 3 aromatic carbocycles. The van der Waals surface area contributed by atoms with Gasteiger partial charge in [-0.1, -0.05) is 65.7 Å². The number of sulfone groups is 1. The number of rotatable bonds is 7. The van der Waals surface area contributed by atoms with Crippen molar-refractivity contribution in [1.82, 2.24) is 0 Å². The van der Waals surface area contributed by atoms with Crippen LogP contribution in [0, 0.1) is 32.1 Å². The van der Waals surface area contributed by atoms with Gasteiger partial charge in [-0.25, -0.2) is 8.42 Å². The molecule has 0 aliphatic carbocycles. The van der Waals surface area contributed by atoms with Gasteiger partial charge >= 0.3 is 0 Å². The molecule has 7 heteroatoms. The van der Waals surface area contributed by atoms with Crippen molar-refractivity contribution in [2.24, 2.45) is 0 Å². The Kier molecular flexibility index (Phi) is 7.68. The fourth-order valence-electron chi connectivity index (χ4n) is 3.36. The SMILES string of the molecule is Cc1cc(C)c(NC(SCc2ccccc2Cl)=C(C#N)S(=O)(=O)c2ccccc2)c(C)c1. The van der Waals surface area contributed by atoms with Crippen LogP contribution in [0.4, 0.5) is 5.69 Å². The highest BCUT2D eigenvalue weighted by Crippen LogP contribution is 2.34. The van der Waals surface area contributed by atoms with E-state index in [4.69, 9.17) is 11.6 Å². The summed E-state index contributed by atoms with van der Waals surface area (Å²) in [6, 6.07) is 21.3. The Balaban J connectivity index is 2.12. The normalized spacial score (nSPS) is 12.1. The fraction of sp³-hybridized carbons (Fsp3) is 0.160. The van der Waals surface area contributed by atoms with Gasteiger partial charge in [0.25, 0.3) is 0 Å². The molecule has 0 saturated carbocycles. The number of aryl methyl sites for hydroxylation is 3. The molecule has 0 aromatic heterocycles. The van der Waals surface area contributed by atoms with E-state index in [2.05, 4.69) is 5.32 Å². The van der Waals surface area contributed by atoms with Gasteiger partial charge in [-0.15, -0.1) is 11.8 Å². The van der Waals surface area contributed by atoms with E-state index in [1.54, 1.807) is 24.3 Å². The lowest BCUT2D eigenvalue weighted by molar-refractivity contribution is 0.603. The predicted octanol–water partition coefficient (Wildman–Crippen LogP) is 6.78. The molecular weight excluding hydrogens is 460 g/mol. The minimum Gasteiger partial charge on any atom is -0.348 e. The van der Waals surface area contributed by atoms with Crippen molar-refractivity contribution in [2.75, 3.05) is 5.32 Å². The number of benzene rings is 3. The quantitative estimate of drug-likeness (QED) is 0.376. The Labute approximate surface area is 198 Å². The maximum absolute atomic E-state index is 13.3. The van der Waals surface area contributed by atoms with E-state index in [1.165, 1.54) is 23.9 Å². The van der Waals surface area contributed by atoms with E-state index in [-0.39, 0.29) is 14.8 Å².